The molecule has 0 N–H and O–H groups in total. The second-order valence-electron chi connectivity index (χ2n) is 4.30. The van der Waals surface area contributed by atoms with Gasteiger partial charge in [0.1, 0.15) is 5.75 Å². The summed E-state index contributed by atoms with van der Waals surface area (Å²) in [6, 6.07) is 5.99. The summed E-state index contributed by atoms with van der Waals surface area (Å²) in [5.41, 5.74) is 3.01. The van der Waals surface area contributed by atoms with E-state index in [0.29, 0.717) is 10.9 Å². The summed E-state index contributed by atoms with van der Waals surface area (Å²) in [4.78, 5) is 14.9. The highest BCUT2D eigenvalue weighted by Crippen LogP contribution is 2.31. The molecule has 94 valence electrons. The predicted molar refractivity (Wildman–Crippen MR) is 73.6 cm³/mol. The Balaban J connectivity index is 2.45. The molecule has 0 saturated carbocycles. The molecule has 2 rings (SSSR count). The van der Waals surface area contributed by atoms with Gasteiger partial charge in [0, 0.05) is 10.9 Å². The largest absolute Gasteiger partial charge is 0.496 e. The van der Waals surface area contributed by atoms with Crippen molar-refractivity contribution in [1.29, 1.82) is 0 Å². The molecule has 0 saturated heterocycles. The number of aromatic nitrogens is 1. The van der Waals surface area contributed by atoms with E-state index in [4.69, 9.17) is 4.74 Å². The van der Waals surface area contributed by atoms with E-state index in [1.807, 2.05) is 17.5 Å². The monoisotopic (exact) mass is 261 g/mol. The highest BCUT2D eigenvalue weighted by atomic mass is 32.1. The zero-order chi connectivity index (χ0) is 13.1. The fourth-order valence-corrected chi connectivity index (χ4v) is 2.45. The summed E-state index contributed by atoms with van der Waals surface area (Å²) in [5.74, 6) is 1.27. The van der Waals surface area contributed by atoms with Crippen molar-refractivity contribution in [3.05, 3.63) is 34.2 Å². The molecule has 1 heterocycles. The number of thiazole rings is 1. The Morgan fingerprint density at radius 2 is 2.17 bits per heavy atom. The Morgan fingerprint density at radius 1 is 1.39 bits per heavy atom. The molecule has 0 atom stereocenters. The van der Waals surface area contributed by atoms with Crippen molar-refractivity contribution >= 4 is 17.6 Å². The fourth-order valence-electron chi connectivity index (χ4n) is 1.82. The molecule has 3 nitrogen and oxygen atoms in total. The van der Waals surface area contributed by atoms with Gasteiger partial charge >= 0.3 is 0 Å². The van der Waals surface area contributed by atoms with E-state index >= 15 is 0 Å². The molecule has 1 aromatic heterocycles. The number of nitrogens with zero attached hydrogens (tertiary/aromatic N) is 1. The minimum Gasteiger partial charge on any atom is -0.496 e. The third-order valence-electron chi connectivity index (χ3n) is 2.77. The molecule has 0 amide bonds. The van der Waals surface area contributed by atoms with Crippen molar-refractivity contribution in [3.8, 4) is 17.0 Å². The van der Waals surface area contributed by atoms with Crippen molar-refractivity contribution in [2.75, 3.05) is 7.11 Å². The van der Waals surface area contributed by atoms with E-state index in [1.165, 1.54) is 11.3 Å². The van der Waals surface area contributed by atoms with Crippen LogP contribution < -0.4 is 4.74 Å². The van der Waals surface area contributed by atoms with Gasteiger partial charge in [-0.2, -0.15) is 0 Å². The summed E-state index contributed by atoms with van der Waals surface area (Å²) >= 11 is 1.36. The molecule has 0 aliphatic heterocycles. The minimum atomic E-state index is 0.379. The van der Waals surface area contributed by atoms with Gasteiger partial charge in [-0.1, -0.05) is 13.8 Å². The van der Waals surface area contributed by atoms with E-state index in [-0.39, 0.29) is 0 Å². The van der Waals surface area contributed by atoms with Gasteiger partial charge in [0.2, 0.25) is 0 Å². The molecule has 0 fully saturated rings. The molecular weight excluding hydrogens is 246 g/mol. The lowest BCUT2D eigenvalue weighted by Gasteiger charge is -2.12. The quantitative estimate of drug-likeness (QED) is 0.787. The standard InChI is InChI=1S/C14H15NO2S/c1-9(2)11-6-10(4-5-13(11)17-3)12-8-18-14(7-16)15-12/h4-9H,1-3H3. The zero-order valence-electron chi connectivity index (χ0n) is 10.6. The molecule has 0 aliphatic rings. The molecule has 1 aromatic carbocycles. The van der Waals surface area contributed by atoms with Crippen LogP contribution in [0.1, 0.15) is 35.1 Å². The first-order chi connectivity index (χ1) is 8.65. The Labute approximate surface area is 110 Å². The van der Waals surface area contributed by atoms with Gasteiger partial charge in [0.25, 0.3) is 0 Å². The number of methoxy groups -OCH3 is 1. The number of benzene rings is 1. The number of carbonyl (C=O) groups excluding carboxylic acids is 1. The van der Waals surface area contributed by atoms with Crippen LogP contribution in [0.3, 0.4) is 0 Å². The van der Waals surface area contributed by atoms with Gasteiger partial charge in [-0.25, -0.2) is 4.98 Å². The molecule has 2 aromatic rings. The molecule has 0 bridgehead atoms. The van der Waals surface area contributed by atoms with Gasteiger partial charge in [-0.05, 0) is 29.7 Å². The van der Waals surface area contributed by atoms with Crippen LogP contribution in [-0.4, -0.2) is 18.4 Å². The van der Waals surface area contributed by atoms with Crippen LogP contribution >= 0.6 is 11.3 Å². The van der Waals surface area contributed by atoms with Crippen molar-refractivity contribution in [2.45, 2.75) is 19.8 Å². The second-order valence-corrected chi connectivity index (χ2v) is 5.19. The van der Waals surface area contributed by atoms with Gasteiger partial charge in [-0.3, -0.25) is 4.79 Å². The molecule has 4 heteroatoms. The van der Waals surface area contributed by atoms with Gasteiger partial charge in [-0.15, -0.1) is 11.3 Å². The van der Waals surface area contributed by atoms with Crippen LogP contribution in [-0.2, 0) is 0 Å². The predicted octanol–water partition coefficient (Wildman–Crippen LogP) is 3.75. The van der Waals surface area contributed by atoms with Crippen molar-refractivity contribution in [3.63, 3.8) is 0 Å². The first-order valence-corrected chi connectivity index (χ1v) is 6.62. The molecular formula is C14H15NO2S. The van der Waals surface area contributed by atoms with Gasteiger partial charge < -0.3 is 4.74 Å². The van der Waals surface area contributed by atoms with Crippen LogP contribution in [0.5, 0.6) is 5.75 Å². The Morgan fingerprint density at radius 3 is 2.72 bits per heavy atom. The van der Waals surface area contributed by atoms with Crippen LogP contribution in [0.15, 0.2) is 23.6 Å². The van der Waals surface area contributed by atoms with Crippen molar-refractivity contribution in [1.82, 2.24) is 4.98 Å². The Kier molecular flexibility index (Phi) is 3.77. The third-order valence-corrected chi connectivity index (χ3v) is 3.54. The van der Waals surface area contributed by atoms with Gasteiger partial charge in [0.15, 0.2) is 11.3 Å². The average molecular weight is 261 g/mol. The SMILES string of the molecule is COc1ccc(-c2csc(C=O)n2)cc1C(C)C. The number of carbonyl (C=O) groups is 1. The maximum atomic E-state index is 10.7. The van der Waals surface area contributed by atoms with Crippen LogP contribution in [0.25, 0.3) is 11.3 Å². The lowest BCUT2D eigenvalue weighted by molar-refractivity contribution is 0.112. The van der Waals surface area contributed by atoms with Crippen LogP contribution in [0.4, 0.5) is 0 Å². The average Bonchev–Trinajstić information content (AvgIpc) is 2.86. The first-order valence-electron chi connectivity index (χ1n) is 5.74. The summed E-state index contributed by atoms with van der Waals surface area (Å²) in [6.45, 7) is 4.25. The summed E-state index contributed by atoms with van der Waals surface area (Å²) < 4.78 is 5.35. The number of rotatable bonds is 4. The number of hydrogen-bond donors (Lipinski definition) is 0. The number of aldehydes is 1. The highest BCUT2D eigenvalue weighted by molar-refractivity contribution is 7.11. The number of ether oxygens (including phenoxy) is 1. The molecule has 18 heavy (non-hydrogen) atoms. The summed E-state index contributed by atoms with van der Waals surface area (Å²) in [7, 11) is 1.67. The van der Waals surface area contributed by atoms with E-state index in [9.17, 15) is 4.79 Å². The molecule has 0 radical (unpaired) electrons. The lowest BCUT2D eigenvalue weighted by atomic mass is 9.99. The van der Waals surface area contributed by atoms with Gasteiger partial charge in [0.05, 0.1) is 12.8 Å². The smallest absolute Gasteiger partial charge is 0.178 e. The fraction of sp³-hybridized carbons (Fsp3) is 0.286. The maximum absolute atomic E-state index is 10.7. The van der Waals surface area contributed by atoms with Crippen molar-refractivity contribution in [2.24, 2.45) is 0 Å². The van der Waals surface area contributed by atoms with E-state index < -0.39 is 0 Å². The van der Waals surface area contributed by atoms with E-state index in [2.05, 4.69) is 24.9 Å². The van der Waals surface area contributed by atoms with Crippen molar-refractivity contribution < 1.29 is 9.53 Å². The topological polar surface area (TPSA) is 39.2 Å². The second kappa shape index (κ2) is 5.31. The summed E-state index contributed by atoms with van der Waals surface area (Å²) in [5, 5.41) is 2.40. The molecule has 0 spiro atoms. The Bertz CT molecular complexity index is 561. The minimum absolute atomic E-state index is 0.379. The van der Waals surface area contributed by atoms with Crippen LogP contribution in [0.2, 0.25) is 0 Å². The summed E-state index contributed by atoms with van der Waals surface area (Å²) in [6.07, 6.45) is 0.779. The molecule has 0 aliphatic carbocycles. The highest BCUT2D eigenvalue weighted by Gasteiger charge is 2.11. The zero-order valence-corrected chi connectivity index (χ0v) is 11.5. The number of hydrogen-bond acceptors (Lipinski definition) is 4. The third kappa shape index (κ3) is 2.43. The van der Waals surface area contributed by atoms with Crippen LogP contribution in [0, 0.1) is 0 Å². The lowest BCUT2D eigenvalue weighted by Crippen LogP contribution is -1.95. The first kappa shape index (κ1) is 12.8. The van der Waals surface area contributed by atoms with E-state index in [0.717, 1.165) is 28.9 Å². The Hall–Kier alpha value is -1.68. The molecule has 0 unspecified atom stereocenters. The normalized spacial score (nSPS) is 10.7. The maximum Gasteiger partial charge on any atom is 0.178 e. The van der Waals surface area contributed by atoms with E-state index in [1.54, 1.807) is 7.11 Å².